The summed E-state index contributed by atoms with van der Waals surface area (Å²) < 4.78 is 5.25. The highest BCUT2D eigenvalue weighted by Gasteiger charge is 2.23. The maximum absolute atomic E-state index is 13.5. The number of nitrogens with one attached hydrogen (secondary N) is 1. The van der Waals surface area contributed by atoms with Gasteiger partial charge in [-0.1, -0.05) is 18.2 Å². The van der Waals surface area contributed by atoms with Crippen LogP contribution < -0.4 is 5.32 Å². The van der Waals surface area contributed by atoms with Gasteiger partial charge in [0.1, 0.15) is 5.76 Å². The van der Waals surface area contributed by atoms with Gasteiger partial charge in [-0.25, -0.2) is 0 Å². The van der Waals surface area contributed by atoms with Crippen LogP contribution in [0.15, 0.2) is 47.1 Å². The minimum atomic E-state index is -0.295. The van der Waals surface area contributed by atoms with Gasteiger partial charge in [-0.3, -0.25) is 9.59 Å². The molecule has 2 aromatic carbocycles. The van der Waals surface area contributed by atoms with Crippen LogP contribution in [0.5, 0.6) is 0 Å². The van der Waals surface area contributed by atoms with E-state index in [2.05, 4.69) is 12.2 Å². The molecule has 1 aromatic heterocycles. The molecule has 0 radical (unpaired) electrons. The second kappa shape index (κ2) is 7.85. The summed E-state index contributed by atoms with van der Waals surface area (Å²) in [6, 6.07) is 10.5. The van der Waals surface area contributed by atoms with Crippen molar-refractivity contribution in [3.05, 3.63) is 92.9 Å². The van der Waals surface area contributed by atoms with Gasteiger partial charge in [0, 0.05) is 11.1 Å². The highest BCUT2D eigenvalue weighted by Crippen LogP contribution is 2.28. The van der Waals surface area contributed by atoms with Gasteiger partial charge >= 0.3 is 0 Å². The van der Waals surface area contributed by atoms with Crippen LogP contribution in [0.2, 0.25) is 0 Å². The molecule has 3 rings (SSSR count). The molecular weight excluding hydrogens is 350 g/mol. The van der Waals surface area contributed by atoms with Crippen molar-refractivity contribution in [3.8, 4) is 0 Å². The lowest BCUT2D eigenvalue weighted by Crippen LogP contribution is -2.25. The van der Waals surface area contributed by atoms with Crippen molar-refractivity contribution in [2.75, 3.05) is 0 Å². The number of amides is 1. The van der Waals surface area contributed by atoms with Gasteiger partial charge in [-0.05, 0) is 80.6 Å². The standard InChI is InChI=1S/C24H25NO3/c1-14-15(2)17(4)22(18(5)16(14)3)23(26)20-10-6-7-11-21(20)24(27)25-13-19-9-8-12-28-19/h6-12H,13H2,1-5H3,(H,25,27). The predicted molar refractivity (Wildman–Crippen MR) is 110 cm³/mol. The Bertz CT molecular complexity index is 1020. The molecule has 0 aliphatic heterocycles. The number of hydrogen-bond donors (Lipinski definition) is 1. The zero-order valence-corrected chi connectivity index (χ0v) is 17.0. The minimum Gasteiger partial charge on any atom is -0.467 e. The topological polar surface area (TPSA) is 59.3 Å². The van der Waals surface area contributed by atoms with E-state index < -0.39 is 0 Å². The van der Waals surface area contributed by atoms with Gasteiger partial charge in [-0.15, -0.1) is 0 Å². The summed E-state index contributed by atoms with van der Waals surface area (Å²) in [6.07, 6.45) is 1.56. The van der Waals surface area contributed by atoms with Crippen molar-refractivity contribution in [3.63, 3.8) is 0 Å². The number of carbonyl (C=O) groups excluding carboxylic acids is 2. The summed E-state index contributed by atoms with van der Waals surface area (Å²) in [5.41, 5.74) is 6.84. The SMILES string of the molecule is Cc1c(C)c(C)c(C(=O)c2ccccc2C(=O)NCc2ccco2)c(C)c1C. The van der Waals surface area contributed by atoms with Crippen LogP contribution in [-0.2, 0) is 6.54 Å². The molecule has 0 saturated heterocycles. The summed E-state index contributed by atoms with van der Waals surface area (Å²) >= 11 is 0. The molecule has 0 aliphatic carbocycles. The van der Waals surface area contributed by atoms with Gasteiger partial charge in [0.25, 0.3) is 5.91 Å². The molecule has 0 atom stereocenters. The van der Waals surface area contributed by atoms with E-state index >= 15 is 0 Å². The molecule has 0 bridgehead atoms. The van der Waals surface area contributed by atoms with Crippen LogP contribution in [0.1, 0.15) is 59.9 Å². The summed E-state index contributed by atoms with van der Waals surface area (Å²) in [5, 5.41) is 2.82. The van der Waals surface area contributed by atoms with Crippen LogP contribution in [0, 0.1) is 34.6 Å². The molecule has 0 saturated carbocycles. The van der Waals surface area contributed by atoms with Crippen molar-refractivity contribution in [2.24, 2.45) is 0 Å². The second-order valence-corrected chi connectivity index (χ2v) is 7.14. The number of hydrogen-bond acceptors (Lipinski definition) is 3. The molecule has 1 N–H and O–H groups in total. The summed E-state index contributed by atoms with van der Waals surface area (Å²) in [6.45, 7) is 10.4. The molecule has 3 aromatic rings. The Morgan fingerprint density at radius 2 is 1.36 bits per heavy atom. The van der Waals surface area contributed by atoms with E-state index in [0.717, 1.165) is 22.3 Å². The molecule has 4 heteroatoms. The monoisotopic (exact) mass is 375 g/mol. The fourth-order valence-electron chi connectivity index (χ4n) is 3.53. The molecule has 0 fully saturated rings. The van der Waals surface area contributed by atoms with Gasteiger partial charge in [0.05, 0.1) is 18.4 Å². The molecule has 144 valence electrons. The number of ketones is 1. The van der Waals surface area contributed by atoms with E-state index in [1.165, 1.54) is 5.56 Å². The lowest BCUT2D eigenvalue weighted by atomic mass is 9.85. The van der Waals surface area contributed by atoms with Gasteiger partial charge in [0.15, 0.2) is 5.78 Å². The van der Waals surface area contributed by atoms with Crippen molar-refractivity contribution < 1.29 is 14.0 Å². The molecule has 0 spiro atoms. The molecule has 28 heavy (non-hydrogen) atoms. The van der Waals surface area contributed by atoms with Crippen LogP contribution in [0.25, 0.3) is 0 Å². The zero-order valence-electron chi connectivity index (χ0n) is 17.0. The summed E-state index contributed by atoms with van der Waals surface area (Å²) in [7, 11) is 0. The summed E-state index contributed by atoms with van der Waals surface area (Å²) in [5.74, 6) is 0.245. The van der Waals surface area contributed by atoms with Crippen LogP contribution in [0.3, 0.4) is 0 Å². The summed E-state index contributed by atoms with van der Waals surface area (Å²) in [4.78, 5) is 26.2. The Morgan fingerprint density at radius 1 is 0.786 bits per heavy atom. The van der Waals surface area contributed by atoms with Crippen molar-refractivity contribution in [2.45, 2.75) is 41.2 Å². The molecule has 0 aliphatic rings. The van der Waals surface area contributed by atoms with Crippen LogP contribution in [-0.4, -0.2) is 11.7 Å². The third kappa shape index (κ3) is 3.50. The average Bonchev–Trinajstić information content (AvgIpc) is 3.22. The molecule has 0 unspecified atom stereocenters. The second-order valence-electron chi connectivity index (χ2n) is 7.14. The fourth-order valence-corrected chi connectivity index (χ4v) is 3.53. The van der Waals surface area contributed by atoms with E-state index in [4.69, 9.17) is 4.42 Å². The zero-order chi connectivity index (χ0) is 20.4. The van der Waals surface area contributed by atoms with E-state index in [0.29, 0.717) is 22.5 Å². The first-order valence-electron chi connectivity index (χ1n) is 9.34. The van der Waals surface area contributed by atoms with E-state index in [1.54, 1.807) is 42.7 Å². The maximum Gasteiger partial charge on any atom is 0.252 e. The van der Waals surface area contributed by atoms with E-state index in [1.807, 2.05) is 27.7 Å². The van der Waals surface area contributed by atoms with Crippen LogP contribution >= 0.6 is 0 Å². The maximum atomic E-state index is 13.5. The first kappa shape index (κ1) is 19.6. The lowest BCUT2D eigenvalue weighted by molar-refractivity contribution is 0.0937. The number of benzene rings is 2. The number of rotatable bonds is 5. The first-order valence-corrected chi connectivity index (χ1v) is 9.34. The first-order chi connectivity index (χ1) is 13.3. The largest absolute Gasteiger partial charge is 0.467 e. The third-order valence-electron chi connectivity index (χ3n) is 5.65. The van der Waals surface area contributed by atoms with E-state index in [-0.39, 0.29) is 18.2 Å². The Balaban J connectivity index is 1.99. The Kier molecular flexibility index (Phi) is 5.50. The quantitative estimate of drug-likeness (QED) is 0.640. The number of carbonyl (C=O) groups is 2. The minimum absolute atomic E-state index is 0.120. The Labute approximate surface area is 165 Å². The highest BCUT2D eigenvalue weighted by atomic mass is 16.3. The van der Waals surface area contributed by atoms with Crippen molar-refractivity contribution >= 4 is 11.7 Å². The van der Waals surface area contributed by atoms with Crippen LogP contribution in [0.4, 0.5) is 0 Å². The lowest BCUT2D eigenvalue weighted by Gasteiger charge is -2.18. The molecule has 1 heterocycles. The Morgan fingerprint density at radius 3 is 1.93 bits per heavy atom. The van der Waals surface area contributed by atoms with Gasteiger partial charge in [-0.2, -0.15) is 0 Å². The number of furan rings is 1. The van der Waals surface area contributed by atoms with Gasteiger partial charge < -0.3 is 9.73 Å². The fraction of sp³-hybridized carbons (Fsp3) is 0.250. The smallest absolute Gasteiger partial charge is 0.252 e. The molecule has 4 nitrogen and oxygen atoms in total. The van der Waals surface area contributed by atoms with Crippen molar-refractivity contribution in [1.29, 1.82) is 0 Å². The van der Waals surface area contributed by atoms with Crippen molar-refractivity contribution in [1.82, 2.24) is 5.32 Å². The third-order valence-corrected chi connectivity index (χ3v) is 5.65. The predicted octanol–water partition coefficient (Wildman–Crippen LogP) is 4.98. The Hall–Kier alpha value is -3.14. The molecular formula is C24H25NO3. The molecule has 1 amide bonds. The highest BCUT2D eigenvalue weighted by molar-refractivity contribution is 6.16. The van der Waals surface area contributed by atoms with E-state index in [9.17, 15) is 9.59 Å². The normalized spacial score (nSPS) is 10.8. The van der Waals surface area contributed by atoms with Gasteiger partial charge in [0.2, 0.25) is 0 Å². The average molecular weight is 375 g/mol.